The lowest BCUT2D eigenvalue weighted by molar-refractivity contribution is 0.0522. The van der Waals surface area contributed by atoms with Crippen molar-refractivity contribution in [1.82, 2.24) is 14.9 Å². The molecule has 1 heterocycles. The molecule has 0 aliphatic carbocycles. The van der Waals surface area contributed by atoms with Crippen LogP contribution in [0.2, 0.25) is 0 Å². The topological polar surface area (TPSA) is 56.1 Å². The number of para-hydroxylation sites is 2. The van der Waals surface area contributed by atoms with Crippen LogP contribution in [0.3, 0.4) is 0 Å². The van der Waals surface area contributed by atoms with E-state index >= 15 is 0 Å². The summed E-state index contributed by atoms with van der Waals surface area (Å²) in [5.74, 6) is 0.802. The molecule has 3 rings (SSSR count). The van der Waals surface area contributed by atoms with E-state index in [2.05, 4.69) is 27.0 Å². The van der Waals surface area contributed by atoms with Crippen LogP contribution in [-0.2, 0) is 17.8 Å². The first-order valence-electron chi connectivity index (χ1n) is 8.37. The molecule has 0 atom stereocenters. The summed E-state index contributed by atoms with van der Waals surface area (Å²) in [5, 5.41) is 2.80. The van der Waals surface area contributed by atoms with Crippen LogP contribution < -0.4 is 5.32 Å². The third-order valence-electron chi connectivity index (χ3n) is 3.71. The lowest BCUT2D eigenvalue weighted by Gasteiger charge is -2.19. The van der Waals surface area contributed by atoms with E-state index in [9.17, 15) is 4.79 Å². The van der Waals surface area contributed by atoms with Crippen LogP contribution in [0.1, 0.15) is 32.2 Å². The fraction of sp³-hybridized carbons (Fsp3) is 0.300. The van der Waals surface area contributed by atoms with Gasteiger partial charge in [-0.25, -0.2) is 9.78 Å². The van der Waals surface area contributed by atoms with Gasteiger partial charge in [0.2, 0.25) is 0 Å². The number of benzene rings is 2. The van der Waals surface area contributed by atoms with E-state index in [1.54, 1.807) is 0 Å². The van der Waals surface area contributed by atoms with E-state index in [-0.39, 0.29) is 0 Å². The van der Waals surface area contributed by atoms with Crippen LogP contribution in [0.5, 0.6) is 0 Å². The molecule has 5 nitrogen and oxygen atoms in total. The van der Waals surface area contributed by atoms with Crippen molar-refractivity contribution in [1.29, 1.82) is 0 Å². The summed E-state index contributed by atoms with van der Waals surface area (Å²) in [6, 6.07) is 18.2. The zero-order valence-corrected chi connectivity index (χ0v) is 14.8. The minimum absolute atomic E-state index is 0.316. The summed E-state index contributed by atoms with van der Waals surface area (Å²) in [5.41, 5.74) is 2.63. The Bertz CT molecular complexity index is 864. The van der Waals surface area contributed by atoms with Crippen molar-refractivity contribution >= 4 is 17.1 Å². The van der Waals surface area contributed by atoms with Gasteiger partial charge in [-0.1, -0.05) is 42.5 Å². The summed E-state index contributed by atoms with van der Waals surface area (Å²) in [6.45, 7) is 6.55. The number of rotatable bonds is 4. The lowest BCUT2D eigenvalue weighted by Crippen LogP contribution is -2.32. The third-order valence-corrected chi connectivity index (χ3v) is 3.71. The monoisotopic (exact) mass is 337 g/mol. The van der Waals surface area contributed by atoms with Crippen molar-refractivity contribution in [3.8, 4) is 0 Å². The molecule has 0 fully saturated rings. The average Bonchev–Trinajstić information content (AvgIpc) is 2.90. The van der Waals surface area contributed by atoms with E-state index in [4.69, 9.17) is 4.74 Å². The molecule has 1 aromatic heterocycles. The maximum absolute atomic E-state index is 11.9. The number of nitrogens with zero attached hydrogens (tertiary/aromatic N) is 2. The second-order valence-electron chi connectivity index (χ2n) is 6.94. The SMILES string of the molecule is CC(C)(C)OC(=O)NCc1nc2ccccc2n1Cc1ccccc1. The van der Waals surface area contributed by atoms with Crippen molar-refractivity contribution in [2.24, 2.45) is 0 Å². The molecule has 0 unspecified atom stereocenters. The lowest BCUT2D eigenvalue weighted by atomic mass is 10.2. The standard InChI is InChI=1S/C20H23N3O2/c1-20(2,3)25-19(24)21-13-18-22-16-11-7-8-12-17(16)23(18)14-15-9-5-4-6-10-15/h4-12H,13-14H2,1-3H3,(H,21,24). The smallest absolute Gasteiger partial charge is 0.408 e. The van der Waals surface area contributed by atoms with Gasteiger partial charge in [-0.05, 0) is 38.5 Å². The Morgan fingerprint density at radius 1 is 1.08 bits per heavy atom. The van der Waals surface area contributed by atoms with Gasteiger partial charge in [0.1, 0.15) is 11.4 Å². The van der Waals surface area contributed by atoms with Gasteiger partial charge in [-0.2, -0.15) is 0 Å². The summed E-state index contributed by atoms with van der Waals surface area (Å²) in [4.78, 5) is 16.6. The molecule has 0 saturated carbocycles. The Morgan fingerprint density at radius 3 is 2.48 bits per heavy atom. The number of nitrogens with one attached hydrogen (secondary N) is 1. The van der Waals surface area contributed by atoms with E-state index < -0.39 is 11.7 Å². The number of alkyl carbamates (subject to hydrolysis) is 1. The summed E-state index contributed by atoms with van der Waals surface area (Å²) < 4.78 is 7.43. The van der Waals surface area contributed by atoms with Crippen LogP contribution in [0.25, 0.3) is 11.0 Å². The van der Waals surface area contributed by atoms with Gasteiger partial charge in [-0.3, -0.25) is 0 Å². The third kappa shape index (κ3) is 4.38. The fourth-order valence-electron chi connectivity index (χ4n) is 2.67. The zero-order valence-electron chi connectivity index (χ0n) is 14.8. The zero-order chi connectivity index (χ0) is 17.9. The number of carbonyl (C=O) groups is 1. The minimum Gasteiger partial charge on any atom is -0.444 e. The Hall–Kier alpha value is -2.82. The molecule has 5 heteroatoms. The van der Waals surface area contributed by atoms with Crippen LogP contribution in [-0.4, -0.2) is 21.2 Å². The first-order chi connectivity index (χ1) is 11.9. The molecular formula is C20H23N3O2. The van der Waals surface area contributed by atoms with E-state index in [1.165, 1.54) is 5.56 Å². The second kappa shape index (κ2) is 6.97. The molecule has 1 N–H and O–H groups in total. The summed E-state index contributed by atoms with van der Waals surface area (Å²) in [6.07, 6.45) is -0.439. The van der Waals surface area contributed by atoms with Crippen molar-refractivity contribution in [3.63, 3.8) is 0 Å². The average molecular weight is 337 g/mol. The van der Waals surface area contributed by atoms with Gasteiger partial charge in [0, 0.05) is 6.54 Å². The number of amides is 1. The van der Waals surface area contributed by atoms with Crippen LogP contribution in [0, 0.1) is 0 Å². The van der Waals surface area contributed by atoms with Gasteiger partial charge < -0.3 is 14.6 Å². The molecule has 0 aliphatic rings. The Kier molecular flexibility index (Phi) is 4.74. The predicted molar refractivity (Wildman–Crippen MR) is 98.4 cm³/mol. The number of aromatic nitrogens is 2. The molecule has 1 amide bonds. The van der Waals surface area contributed by atoms with Crippen molar-refractivity contribution in [2.45, 2.75) is 39.5 Å². The predicted octanol–water partition coefficient (Wildman–Crippen LogP) is 4.11. The van der Waals surface area contributed by atoms with Crippen LogP contribution >= 0.6 is 0 Å². The van der Waals surface area contributed by atoms with Crippen LogP contribution in [0.15, 0.2) is 54.6 Å². The molecule has 0 aliphatic heterocycles. The van der Waals surface area contributed by atoms with Gasteiger partial charge >= 0.3 is 6.09 Å². The quantitative estimate of drug-likeness (QED) is 0.779. The Balaban J connectivity index is 1.84. The van der Waals surface area contributed by atoms with Gasteiger partial charge in [0.25, 0.3) is 0 Å². The number of carbonyl (C=O) groups excluding carboxylic acids is 1. The Labute approximate surface area is 147 Å². The van der Waals surface area contributed by atoms with Crippen LogP contribution in [0.4, 0.5) is 4.79 Å². The molecular weight excluding hydrogens is 314 g/mol. The highest BCUT2D eigenvalue weighted by atomic mass is 16.6. The van der Waals surface area contributed by atoms with E-state index in [1.807, 2.05) is 63.2 Å². The highest BCUT2D eigenvalue weighted by Gasteiger charge is 2.17. The molecule has 0 saturated heterocycles. The second-order valence-corrected chi connectivity index (χ2v) is 6.94. The molecule has 130 valence electrons. The number of hydrogen-bond donors (Lipinski definition) is 1. The number of ether oxygens (including phenoxy) is 1. The van der Waals surface area contributed by atoms with Crippen molar-refractivity contribution in [3.05, 3.63) is 66.0 Å². The molecule has 25 heavy (non-hydrogen) atoms. The fourth-order valence-corrected chi connectivity index (χ4v) is 2.67. The maximum Gasteiger partial charge on any atom is 0.408 e. The van der Waals surface area contributed by atoms with E-state index in [0.29, 0.717) is 13.1 Å². The first kappa shape index (κ1) is 17.0. The normalized spacial score (nSPS) is 11.5. The first-order valence-corrected chi connectivity index (χ1v) is 8.37. The van der Waals surface area contributed by atoms with Gasteiger partial charge in [0.05, 0.1) is 17.6 Å². The molecule has 3 aromatic rings. The van der Waals surface area contributed by atoms with Gasteiger partial charge in [-0.15, -0.1) is 0 Å². The molecule has 0 radical (unpaired) electrons. The number of fused-ring (bicyclic) bond motifs is 1. The summed E-state index contributed by atoms with van der Waals surface area (Å²) in [7, 11) is 0. The largest absolute Gasteiger partial charge is 0.444 e. The number of hydrogen-bond acceptors (Lipinski definition) is 3. The minimum atomic E-state index is -0.520. The Morgan fingerprint density at radius 2 is 1.76 bits per heavy atom. The van der Waals surface area contributed by atoms with E-state index in [0.717, 1.165) is 16.9 Å². The maximum atomic E-state index is 11.9. The summed E-state index contributed by atoms with van der Waals surface area (Å²) >= 11 is 0. The van der Waals surface area contributed by atoms with Crippen molar-refractivity contribution in [2.75, 3.05) is 0 Å². The number of imidazole rings is 1. The molecule has 2 aromatic carbocycles. The highest BCUT2D eigenvalue weighted by Crippen LogP contribution is 2.18. The highest BCUT2D eigenvalue weighted by molar-refractivity contribution is 5.76. The molecule has 0 spiro atoms. The van der Waals surface area contributed by atoms with Crippen molar-refractivity contribution < 1.29 is 9.53 Å². The van der Waals surface area contributed by atoms with Gasteiger partial charge in [0.15, 0.2) is 0 Å². The molecule has 0 bridgehead atoms.